The topological polar surface area (TPSA) is 113 Å². The predicted octanol–water partition coefficient (Wildman–Crippen LogP) is -0.709. The van der Waals surface area contributed by atoms with Gasteiger partial charge in [0.05, 0.1) is 7.05 Å². The van der Waals surface area contributed by atoms with Crippen molar-refractivity contribution in [3.63, 3.8) is 0 Å². The van der Waals surface area contributed by atoms with Crippen molar-refractivity contribution in [2.24, 2.45) is 7.05 Å². The Labute approximate surface area is 96.4 Å². The van der Waals surface area contributed by atoms with Crippen molar-refractivity contribution in [2.45, 2.75) is 18.9 Å². The van der Waals surface area contributed by atoms with Gasteiger partial charge in [0, 0.05) is 6.54 Å². The number of likely N-dealkylation sites (tertiary alicyclic amines) is 1. The van der Waals surface area contributed by atoms with E-state index in [4.69, 9.17) is 5.11 Å². The largest absolute Gasteiger partial charge is 0.480 e. The molecule has 0 bridgehead atoms. The predicted molar refractivity (Wildman–Crippen MR) is 55.2 cm³/mol. The lowest BCUT2D eigenvalue weighted by molar-refractivity contribution is -0.141. The molecule has 0 unspecified atom stereocenters. The molecule has 1 aliphatic rings. The lowest BCUT2D eigenvalue weighted by Gasteiger charge is -2.20. The van der Waals surface area contributed by atoms with E-state index in [9.17, 15) is 9.59 Å². The van der Waals surface area contributed by atoms with E-state index in [2.05, 4.69) is 20.7 Å². The highest BCUT2D eigenvalue weighted by Crippen LogP contribution is 2.18. The molecule has 0 radical (unpaired) electrons. The molecular weight excluding hydrogens is 228 g/mol. The molecule has 0 spiro atoms. The van der Waals surface area contributed by atoms with Crippen molar-refractivity contribution in [1.29, 1.82) is 0 Å². The Balaban J connectivity index is 2.02. The van der Waals surface area contributed by atoms with Gasteiger partial charge < -0.3 is 10.0 Å². The van der Waals surface area contributed by atoms with Gasteiger partial charge in [-0.3, -0.25) is 5.32 Å². The first-order valence-electron chi connectivity index (χ1n) is 5.12. The van der Waals surface area contributed by atoms with Gasteiger partial charge in [-0.15, -0.1) is 5.10 Å². The molecule has 92 valence electrons. The summed E-state index contributed by atoms with van der Waals surface area (Å²) in [6.45, 7) is 0.420. The number of tetrazole rings is 1. The molecule has 2 N–H and O–H groups in total. The summed E-state index contributed by atoms with van der Waals surface area (Å²) in [5.41, 5.74) is 0. The summed E-state index contributed by atoms with van der Waals surface area (Å²) >= 11 is 0. The average Bonchev–Trinajstić information content (AvgIpc) is 2.86. The van der Waals surface area contributed by atoms with Gasteiger partial charge in [0.15, 0.2) is 0 Å². The lowest BCUT2D eigenvalue weighted by Crippen LogP contribution is -2.43. The number of hydrogen-bond acceptors (Lipinski definition) is 5. The normalized spacial score (nSPS) is 19.4. The van der Waals surface area contributed by atoms with Crippen LogP contribution in [0.25, 0.3) is 0 Å². The number of aromatic nitrogens is 4. The van der Waals surface area contributed by atoms with Crippen molar-refractivity contribution < 1.29 is 14.7 Å². The minimum atomic E-state index is -0.996. The van der Waals surface area contributed by atoms with Gasteiger partial charge in [-0.1, -0.05) is 5.10 Å². The maximum Gasteiger partial charge on any atom is 0.326 e. The quantitative estimate of drug-likeness (QED) is 0.706. The summed E-state index contributed by atoms with van der Waals surface area (Å²) in [7, 11) is 1.57. The average molecular weight is 240 g/mol. The molecule has 1 fully saturated rings. The molecule has 2 rings (SSSR count). The molecule has 17 heavy (non-hydrogen) atoms. The standard InChI is InChI=1S/C8H12N6O3/c1-13-11-7(10-12-13)9-8(17)14-4-2-3-5(14)6(15)16/h5H,2-4H2,1H3,(H,15,16)(H,9,11,17)/t5-/m0/s1. The first kappa shape index (κ1) is 11.3. The van der Waals surface area contributed by atoms with Crippen LogP contribution >= 0.6 is 0 Å². The number of carboxylic acids is 1. The van der Waals surface area contributed by atoms with Crippen molar-refractivity contribution in [3.05, 3.63) is 0 Å². The molecule has 1 aromatic heterocycles. The zero-order valence-corrected chi connectivity index (χ0v) is 9.20. The summed E-state index contributed by atoms with van der Waals surface area (Å²) in [5.74, 6) is -0.932. The fraction of sp³-hybridized carbons (Fsp3) is 0.625. The number of carboxylic acid groups (broad SMARTS) is 1. The minimum Gasteiger partial charge on any atom is -0.480 e. The van der Waals surface area contributed by atoms with E-state index in [1.54, 1.807) is 7.05 Å². The smallest absolute Gasteiger partial charge is 0.326 e. The molecule has 1 atom stereocenters. The number of rotatable bonds is 2. The summed E-state index contributed by atoms with van der Waals surface area (Å²) in [6.07, 6.45) is 1.15. The van der Waals surface area contributed by atoms with E-state index in [1.165, 1.54) is 9.70 Å². The summed E-state index contributed by atoms with van der Waals surface area (Å²) in [4.78, 5) is 25.1. The fourth-order valence-corrected chi connectivity index (χ4v) is 1.77. The first-order chi connectivity index (χ1) is 8.08. The van der Waals surface area contributed by atoms with Gasteiger partial charge in [0.25, 0.3) is 5.95 Å². The molecule has 0 aliphatic carbocycles. The summed E-state index contributed by atoms with van der Waals surface area (Å²) < 4.78 is 0. The number of aliphatic carboxylic acids is 1. The Hall–Kier alpha value is -2.19. The van der Waals surface area contributed by atoms with Crippen molar-refractivity contribution in [3.8, 4) is 0 Å². The number of urea groups is 1. The van der Waals surface area contributed by atoms with Gasteiger partial charge in [0.2, 0.25) is 0 Å². The number of carbonyl (C=O) groups excluding carboxylic acids is 1. The SMILES string of the molecule is Cn1nnc(NC(=O)N2CCC[C@H]2C(=O)O)n1. The molecule has 2 amide bonds. The first-order valence-corrected chi connectivity index (χ1v) is 5.12. The molecule has 2 heterocycles. The van der Waals surface area contributed by atoms with Crippen molar-refractivity contribution >= 4 is 17.9 Å². The van der Waals surface area contributed by atoms with Crippen LogP contribution in [0.4, 0.5) is 10.7 Å². The second-order valence-electron chi connectivity index (χ2n) is 3.72. The third kappa shape index (κ3) is 2.32. The highest BCUT2D eigenvalue weighted by atomic mass is 16.4. The Kier molecular flexibility index (Phi) is 2.90. The van der Waals surface area contributed by atoms with Crippen LogP contribution < -0.4 is 5.32 Å². The van der Waals surface area contributed by atoms with Gasteiger partial charge in [0.1, 0.15) is 6.04 Å². The van der Waals surface area contributed by atoms with Gasteiger partial charge in [-0.05, 0) is 18.1 Å². The Bertz CT molecular complexity index is 444. The molecule has 9 nitrogen and oxygen atoms in total. The van der Waals surface area contributed by atoms with Crippen LogP contribution in [0.2, 0.25) is 0 Å². The van der Waals surface area contributed by atoms with E-state index >= 15 is 0 Å². The number of anilines is 1. The molecular formula is C8H12N6O3. The van der Waals surface area contributed by atoms with Crippen LogP contribution in [0.3, 0.4) is 0 Å². The van der Waals surface area contributed by atoms with Crippen LogP contribution in [0.1, 0.15) is 12.8 Å². The molecule has 1 saturated heterocycles. The fourth-order valence-electron chi connectivity index (χ4n) is 1.77. The van der Waals surface area contributed by atoms with Crippen LogP contribution in [0.5, 0.6) is 0 Å². The van der Waals surface area contributed by atoms with E-state index < -0.39 is 18.0 Å². The summed E-state index contributed by atoms with van der Waals surface area (Å²) in [6, 6.07) is -1.28. The van der Waals surface area contributed by atoms with Gasteiger partial charge in [-0.2, -0.15) is 4.80 Å². The third-order valence-electron chi connectivity index (χ3n) is 2.53. The zero-order valence-electron chi connectivity index (χ0n) is 9.20. The van der Waals surface area contributed by atoms with Crippen LogP contribution in [0, 0.1) is 0 Å². The number of aryl methyl sites for hydroxylation is 1. The molecule has 0 aromatic carbocycles. The van der Waals surface area contributed by atoms with Crippen LogP contribution in [-0.4, -0.2) is 54.8 Å². The second-order valence-corrected chi connectivity index (χ2v) is 3.72. The Morgan fingerprint density at radius 3 is 2.88 bits per heavy atom. The van der Waals surface area contributed by atoms with Crippen LogP contribution in [-0.2, 0) is 11.8 Å². The highest BCUT2D eigenvalue weighted by molar-refractivity contribution is 5.91. The molecule has 0 saturated carbocycles. The number of hydrogen-bond donors (Lipinski definition) is 2. The van der Waals surface area contributed by atoms with E-state index in [0.717, 1.165) is 0 Å². The Morgan fingerprint density at radius 1 is 1.53 bits per heavy atom. The van der Waals surface area contributed by atoms with Crippen molar-refractivity contribution in [2.75, 3.05) is 11.9 Å². The second kappa shape index (κ2) is 4.36. The minimum absolute atomic E-state index is 0.0635. The van der Waals surface area contributed by atoms with E-state index in [-0.39, 0.29) is 5.95 Å². The van der Waals surface area contributed by atoms with Crippen molar-refractivity contribution in [1.82, 2.24) is 25.1 Å². The molecule has 9 heteroatoms. The zero-order chi connectivity index (χ0) is 12.4. The van der Waals surface area contributed by atoms with E-state index in [0.29, 0.717) is 19.4 Å². The van der Waals surface area contributed by atoms with E-state index in [1.807, 2.05) is 0 Å². The monoisotopic (exact) mass is 240 g/mol. The molecule has 1 aliphatic heterocycles. The van der Waals surface area contributed by atoms with Crippen LogP contribution in [0.15, 0.2) is 0 Å². The maximum atomic E-state index is 11.8. The van der Waals surface area contributed by atoms with Gasteiger partial charge >= 0.3 is 12.0 Å². The van der Waals surface area contributed by atoms with Gasteiger partial charge in [-0.25, -0.2) is 9.59 Å². The Morgan fingerprint density at radius 2 is 2.29 bits per heavy atom. The number of amides is 2. The summed E-state index contributed by atoms with van der Waals surface area (Å²) in [5, 5.41) is 22.3. The number of nitrogens with one attached hydrogen (secondary N) is 1. The maximum absolute atomic E-state index is 11.8. The number of nitrogens with zero attached hydrogens (tertiary/aromatic N) is 5. The lowest BCUT2D eigenvalue weighted by atomic mass is 10.2. The highest BCUT2D eigenvalue weighted by Gasteiger charge is 2.34. The third-order valence-corrected chi connectivity index (χ3v) is 2.53. The number of carbonyl (C=O) groups is 2. The molecule has 1 aromatic rings.